The first kappa shape index (κ1) is 12.5. The van der Waals surface area contributed by atoms with Gasteiger partial charge in [-0.1, -0.05) is 44.2 Å². The highest BCUT2D eigenvalue weighted by atomic mass is 16.5. The lowest BCUT2D eigenvalue weighted by Gasteiger charge is -2.17. The van der Waals surface area contributed by atoms with Gasteiger partial charge in [0.2, 0.25) is 0 Å². The van der Waals surface area contributed by atoms with E-state index in [2.05, 4.69) is 38.1 Å². The van der Waals surface area contributed by atoms with Crippen LogP contribution in [0.15, 0.2) is 36.4 Å². The summed E-state index contributed by atoms with van der Waals surface area (Å²) in [4.78, 5) is 0. The summed E-state index contributed by atoms with van der Waals surface area (Å²) in [6, 6.07) is 12.6. The average Bonchev–Trinajstić information content (AvgIpc) is 3.05. The fourth-order valence-corrected chi connectivity index (χ4v) is 3.10. The molecule has 2 atom stereocenters. The zero-order valence-corrected chi connectivity index (χ0v) is 11.8. The van der Waals surface area contributed by atoms with Crippen LogP contribution in [0.1, 0.15) is 31.9 Å². The Balaban J connectivity index is 2.10. The van der Waals surface area contributed by atoms with Crippen LogP contribution < -0.4 is 10.5 Å². The van der Waals surface area contributed by atoms with Crippen LogP contribution >= 0.6 is 0 Å². The van der Waals surface area contributed by atoms with Crippen LogP contribution in [0.4, 0.5) is 0 Å². The summed E-state index contributed by atoms with van der Waals surface area (Å²) in [6.07, 6.45) is 1.22. The monoisotopic (exact) mass is 255 g/mol. The Morgan fingerprint density at radius 1 is 1.16 bits per heavy atom. The SMILES string of the molecule is COc1ccc(C(N)C2CC2(C)C)c2ccccc12. The number of fused-ring (bicyclic) bond motifs is 1. The van der Waals surface area contributed by atoms with E-state index < -0.39 is 0 Å². The molecule has 2 aromatic carbocycles. The second kappa shape index (κ2) is 4.24. The van der Waals surface area contributed by atoms with Crippen molar-refractivity contribution in [1.82, 2.24) is 0 Å². The zero-order valence-electron chi connectivity index (χ0n) is 11.8. The van der Waals surface area contributed by atoms with Gasteiger partial charge in [-0.3, -0.25) is 0 Å². The molecule has 0 aromatic heterocycles. The zero-order chi connectivity index (χ0) is 13.6. The molecule has 2 heteroatoms. The third-order valence-electron chi connectivity index (χ3n) is 4.52. The second-order valence-electron chi connectivity index (χ2n) is 6.23. The quantitative estimate of drug-likeness (QED) is 0.903. The minimum absolute atomic E-state index is 0.116. The molecule has 3 rings (SSSR count). The molecule has 0 spiro atoms. The van der Waals surface area contributed by atoms with E-state index in [-0.39, 0.29) is 6.04 Å². The summed E-state index contributed by atoms with van der Waals surface area (Å²) in [5.41, 5.74) is 8.12. The number of rotatable bonds is 3. The van der Waals surface area contributed by atoms with E-state index in [0.717, 1.165) is 11.1 Å². The molecule has 1 saturated carbocycles. The predicted molar refractivity (Wildman–Crippen MR) is 79.3 cm³/mol. The third kappa shape index (κ3) is 2.00. The minimum Gasteiger partial charge on any atom is -0.496 e. The van der Waals surface area contributed by atoms with Gasteiger partial charge in [-0.05, 0) is 34.8 Å². The topological polar surface area (TPSA) is 35.2 Å². The molecule has 0 saturated heterocycles. The van der Waals surface area contributed by atoms with Crippen LogP contribution in [0.5, 0.6) is 5.75 Å². The Hall–Kier alpha value is -1.54. The maximum Gasteiger partial charge on any atom is 0.126 e. The van der Waals surface area contributed by atoms with E-state index in [1.54, 1.807) is 7.11 Å². The number of methoxy groups -OCH3 is 1. The molecule has 0 heterocycles. The molecule has 1 fully saturated rings. The number of ether oxygens (including phenoxy) is 1. The Kier molecular flexibility index (Phi) is 2.79. The first-order valence-corrected chi connectivity index (χ1v) is 6.86. The highest BCUT2D eigenvalue weighted by molar-refractivity contribution is 5.91. The van der Waals surface area contributed by atoms with Gasteiger partial charge in [-0.25, -0.2) is 0 Å². The fraction of sp³-hybridized carbons (Fsp3) is 0.412. The number of benzene rings is 2. The Bertz CT molecular complexity index is 618. The smallest absolute Gasteiger partial charge is 0.126 e. The molecule has 19 heavy (non-hydrogen) atoms. The van der Waals surface area contributed by atoms with E-state index in [0.29, 0.717) is 11.3 Å². The molecule has 100 valence electrons. The first-order valence-electron chi connectivity index (χ1n) is 6.86. The van der Waals surface area contributed by atoms with Gasteiger partial charge in [0.05, 0.1) is 7.11 Å². The Morgan fingerprint density at radius 3 is 2.37 bits per heavy atom. The maximum absolute atomic E-state index is 6.49. The molecule has 2 aromatic rings. The predicted octanol–water partition coefficient (Wildman–Crippen LogP) is 3.89. The summed E-state index contributed by atoms with van der Waals surface area (Å²) < 4.78 is 5.44. The van der Waals surface area contributed by atoms with Gasteiger partial charge in [0.15, 0.2) is 0 Å². The minimum atomic E-state index is 0.116. The summed E-state index contributed by atoms with van der Waals surface area (Å²) in [5.74, 6) is 1.51. The van der Waals surface area contributed by atoms with E-state index >= 15 is 0 Å². The van der Waals surface area contributed by atoms with Crippen molar-refractivity contribution in [3.8, 4) is 5.75 Å². The molecule has 2 unspecified atom stereocenters. The standard InChI is InChI=1S/C17H21NO/c1-17(2)10-14(17)16(18)13-8-9-15(19-3)12-7-5-4-6-11(12)13/h4-9,14,16H,10,18H2,1-3H3. The van der Waals surface area contributed by atoms with Crippen molar-refractivity contribution in [3.05, 3.63) is 42.0 Å². The van der Waals surface area contributed by atoms with Crippen LogP contribution in [0.3, 0.4) is 0 Å². The van der Waals surface area contributed by atoms with Crippen LogP contribution in [-0.4, -0.2) is 7.11 Å². The molecular formula is C17H21NO. The number of nitrogens with two attached hydrogens (primary N) is 1. The van der Waals surface area contributed by atoms with Crippen LogP contribution in [0, 0.1) is 11.3 Å². The maximum atomic E-state index is 6.49. The van der Waals surface area contributed by atoms with Gasteiger partial charge < -0.3 is 10.5 Å². The summed E-state index contributed by atoms with van der Waals surface area (Å²) >= 11 is 0. The molecule has 0 amide bonds. The molecule has 0 bridgehead atoms. The molecule has 2 N–H and O–H groups in total. The lowest BCUT2D eigenvalue weighted by molar-refractivity contribution is 0.419. The van der Waals surface area contributed by atoms with Gasteiger partial charge in [0, 0.05) is 11.4 Å². The third-order valence-corrected chi connectivity index (χ3v) is 4.52. The van der Waals surface area contributed by atoms with Crippen molar-refractivity contribution in [2.75, 3.05) is 7.11 Å². The molecular weight excluding hydrogens is 234 g/mol. The van der Waals surface area contributed by atoms with E-state index in [4.69, 9.17) is 10.5 Å². The van der Waals surface area contributed by atoms with Gasteiger partial charge >= 0.3 is 0 Å². The van der Waals surface area contributed by atoms with E-state index in [1.807, 2.05) is 12.1 Å². The van der Waals surface area contributed by atoms with Crippen molar-refractivity contribution in [3.63, 3.8) is 0 Å². The highest BCUT2D eigenvalue weighted by Crippen LogP contribution is 2.57. The van der Waals surface area contributed by atoms with E-state index in [1.165, 1.54) is 17.4 Å². The molecule has 0 radical (unpaired) electrons. The molecule has 1 aliphatic carbocycles. The van der Waals surface area contributed by atoms with Gasteiger partial charge in [-0.2, -0.15) is 0 Å². The van der Waals surface area contributed by atoms with Crippen molar-refractivity contribution in [1.29, 1.82) is 0 Å². The lowest BCUT2D eigenvalue weighted by atomic mass is 9.93. The first-order chi connectivity index (χ1) is 9.04. The molecule has 1 aliphatic rings. The van der Waals surface area contributed by atoms with Gasteiger partial charge in [0.25, 0.3) is 0 Å². The van der Waals surface area contributed by atoms with Crippen molar-refractivity contribution < 1.29 is 4.74 Å². The lowest BCUT2D eigenvalue weighted by Crippen LogP contribution is -2.15. The van der Waals surface area contributed by atoms with Crippen LogP contribution in [0.2, 0.25) is 0 Å². The largest absolute Gasteiger partial charge is 0.496 e. The van der Waals surface area contributed by atoms with Crippen LogP contribution in [0.25, 0.3) is 10.8 Å². The van der Waals surface area contributed by atoms with Gasteiger partial charge in [0.1, 0.15) is 5.75 Å². The Morgan fingerprint density at radius 2 is 1.79 bits per heavy atom. The van der Waals surface area contributed by atoms with Crippen molar-refractivity contribution >= 4 is 10.8 Å². The molecule has 2 nitrogen and oxygen atoms in total. The van der Waals surface area contributed by atoms with Crippen molar-refractivity contribution in [2.45, 2.75) is 26.3 Å². The summed E-state index contributed by atoms with van der Waals surface area (Å²) in [7, 11) is 1.71. The Labute approximate surface area is 114 Å². The summed E-state index contributed by atoms with van der Waals surface area (Å²) in [5, 5.41) is 2.37. The average molecular weight is 255 g/mol. The highest BCUT2D eigenvalue weighted by Gasteiger charge is 2.49. The van der Waals surface area contributed by atoms with Crippen molar-refractivity contribution in [2.24, 2.45) is 17.1 Å². The fourth-order valence-electron chi connectivity index (χ4n) is 3.10. The summed E-state index contributed by atoms with van der Waals surface area (Å²) in [6.45, 7) is 4.59. The number of hydrogen-bond acceptors (Lipinski definition) is 2. The van der Waals surface area contributed by atoms with E-state index in [9.17, 15) is 0 Å². The normalized spacial score (nSPS) is 22.2. The molecule has 0 aliphatic heterocycles. The number of hydrogen-bond donors (Lipinski definition) is 1. The second-order valence-corrected chi connectivity index (χ2v) is 6.23. The van der Waals surface area contributed by atoms with Gasteiger partial charge in [-0.15, -0.1) is 0 Å². The van der Waals surface area contributed by atoms with Crippen LogP contribution in [-0.2, 0) is 0 Å².